The van der Waals surface area contributed by atoms with Crippen LogP contribution in [0, 0.1) is 0 Å². The van der Waals surface area contributed by atoms with E-state index in [1.165, 1.54) is 4.90 Å². The highest BCUT2D eigenvalue weighted by molar-refractivity contribution is 6.21. The van der Waals surface area contributed by atoms with Crippen LogP contribution in [0.15, 0.2) is 91.1 Å². The number of benzene rings is 2. The number of rotatable bonds is 5. The molecule has 0 saturated heterocycles. The molecule has 1 atom stereocenters. The number of carbonyl (C=O) groups excluding carboxylic acids is 2. The Labute approximate surface area is 188 Å². The number of imide groups is 1. The van der Waals surface area contributed by atoms with Crippen LogP contribution < -0.4 is 4.74 Å². The van der Waals surface area contributed by atoms with Crippen molar-refractivity contribution >= 4 is 24.0 Å². The van der Waals surface area contributed by atoms with Gasteiger partial charge < -0.3 is 4.74 Å². The lowest BCUT2D eigenvalue weighted by atomic mass is 10.0. The molecule has 0 N–H and O–H groups in total. The average Bonchev–Trinajstić information content (AvgIpc) is 3.03. The maximum atomic E-state index is 12.6. The van der Waals surface area contributed by atoms with Crippen molar-refractivity contribution in [1.82, 2.24) is 4.90 Å². The minimum Gasteiger partial charge on any atom is -0.490 e. The van der Waals surface area contributed by atoms with Gasteiger partial charge in [0, 0.05) is 18.5 Å². The first-order valence-corrected chi connectivity index (χ1v) is 10.7. The van der Waals surface area contributed by atoms with Crippen LogP contribution in [0.1, 0.15) is 45.2 Å². The van der Waals surface area contributed by atoms with Crippen LogP contribution in [-0.4, -0.2) is 29.4 Å². The van der Waals surface area contributed by atoms with E-state index in [2.05, 4.69) is 0 Å². The Morgan fingerprint density at radius 2 is 1.34 bits per heavy atom. The van der Waals surface area contributed by atoms with Gasteiger partial charge >= 0.3 is 0 Å². The summed E-state index contributed by atoms with van der Waals surface area (Å²) in [6.45, 7) is 2.28. The molecule has 32 heavy (non-hydrogen) atoms. The average molecular weight is 424 g/mol. The number of ether oxygens (including phenoxy) is 1. The molecule has 2 aliphatic rings. The van der Waals surface area contributed by atoms with Crippen LogP contribution in [0.2, 0.25) is 0 Å². The zero-order valence-corrected chi connectivity index (χ0v) is 18.0. The zero-order valence-electron chi connectivity index (χ0n) is 18.0. The molecule has 2 aromatic carbocycles. The minimum absolute atomic E-state index is 0.178. The van der Waals surface area contributed by atoms with Gasteiger partial charge in [0.15, 0.2) is 0 Å². The first kappa shape index (κ1) is 21.3. The Morgan fingerprint density at radius 1 is 0.750 bits per heavy atom. The Kier molecular flexibility index (Phi) is 6.61. The molecule has 0 aromatic heterocycles. The summed E-state index contributed by atoms with van der Waals surface area (Å²) in [5, 5.41) is 0. The third-order valence-electron chi connectivity index (χ3n) is 5.38. The van der Waals surface area contributed by atoms with Crippen LogP contribution in [0.25, 0.3) is 12.2 Å². The number of hydrogen-bond donors (Lipinski definition) is 0. The van der Waals surface area contributed by atoms with Crippen molar-refractivity contribution in [2.24, 2.45) is 0 Å². The van der Waals surface area contributed by atoms with Crippen LogP contribution in [-0.2, 0) is 0 Å². The standard InChI is InChI=1S/C28H25NO3/c1-21(19-20-29-27(30)24-16-10-11-17-25(24)28(29)31)32-26-18-12-14-22-13-8-6-4-2-3-5-7-9-15-23(22)26/h2-18,21H,19-20H2,1H3/b3-2-,4-2?,5-3?,6-4-,7-5-,8-6?,9-7?,13-8?,15-9-,22-13?,23-15?/t21-/m0/s1. The van der Waals surface area contributed by atoms with Gasteiger partial charge in [0.25, 0.3) is 11.8 Å². The van der Waals surface area contributed by atoms with Gasteiger partial charge in [-0.3, -0.25) is 14.5 Å². The van der Waals surface area contributed by atoms with Gasteiger partial charge in [-0.05, 0) is 30.7 Å². The Hall–Kier alpha value is -3.92. The molecule has 4 heteroatoms. The second kappa shape index (κ2) is 9.92. The summed E-state index contributed by atoms with van der Waals surface area (Å²) in [6.07, 6.45) is 20.3. The summed E-state index contributed by atoms with van der Waals surface area (Å²) in [4.78, 5) is 26.5. The van der Waals surface area contributed by atoms with Gasteiger partial charge in [-0.15, -0.1) is 0 Å². The fourth-order valence-electron chi connectivity index (χ4n) is 3.71. The van der Waals surface area contributed by atoms with Gasteiger partial charge in [-0.2, -0.15) is 0 Å². The summed E-state index contributed by atoms with van der Waals surface area (Å²) >= 11 is 0. The lowest BCUT2D eigenvalue weighted by Crippen LogP contribution is -2.33. The van der Waals surface area contributed by atoms with Gasteiger partial charge in [-0.1, -0.05) is 85.0 Å². The van der Waals surface area contributed by atoms with Crippen LogP contribution >= 0.6 is 0 Å². The molecular weight excluding hydrogens is 398 g/mol. The highest BCUT2D eigenvalue weighted by Crippen LogP contribution is 2.28. The summed E-state index contributed by atoms with van der Waals surface area (Å²) < 4.78 is 6.25. The lowest BCUT2D eigenvalue weighted by molar-refractivity contribution is 0.0634. The van der Waals surface area contributed by atoms with Crippen molar-refractivity contribution in [2.75, 3.05) is 6.54 Å². The van der Waals surface area contributed by atoms with E-state index in [1.807, 2.05) is 85.9 Å². The number of amides is 2. The number of nitrogens with zero attached hydrogens (tertiary/aromatic N) is 1. The SMILES string of the molecule is C[C@@H](CCN1C(=O)c2ccccc2C1=O)Oc1cccc2c1\C=C/C=C\C=C/C=C\C=C2. The number of hydrogen-bond acceptors (Lipinski definition) is 3. The second-order valence-corrected chi connectivity index (χ2v) is 7.66. The molecule has 4 nitrogen and oxygen atoms in total. The maximum absolute atomic E-state index is 12.6. The summed E-state index contributed by atoms with van der Waals surface area (Å²) in [5.74, 6) is 0.302. The molecule has 1 aliphatic heterocycles. The Morgan fingerprint density at radius 3 is 2.00 bits per heavy atom. The summed E-state index contributed by atoms with van der Waals surface area (Å²) in [6, 6.07) is 12.9. The lowest BCUT2D eigenvalue weighted by Gasteiger charge is -2.20. The largest absolute Gasteiger partial charge is 0.490 e. The summed E-state index contributed by atoms with van der Waals surface area (Å²) in [5.41, 5.74) is 2.99. The van der Waals surface area contributed by atoms with Crippen molar-refractivity contribution < 1.29 is 14.3 Å². The molecule has 2 amide bonds. The molecule has 2 aromatic rings. The van der Waals surface area contributed by atoms with E-state index in [4.69, 9.17) is 4.74 Å². The molecule has 0 bridgehead atoms. The molecule has 1 aliphatic carbocycles. The number of allylic oxidation sites excluding steroid dienone is 8. The molecule has 0 saturated carbocycles. The van der Waals surface area contributed by atoms with E-state index in [0.717, 1.165) is 16.9 Å². The molecule has 0 unspecified atom stereocenters. The van der Waals surface area contributed by atoms with E-state index >= 15 is 0 Å². The van der Waals surface area contributed by atoms with Crippen molar-refractivity contribution in [3.05, 3.63) is 113 Å². The van der Waals surface area contributed by atoms with Gasteiger partial charge in [-0.25, -0.2) is 0 Å². The molecule has 0 fully saturated rings. The fourth-order valence-corrected chi connectivity index (χ4v) is 3.71. The van der Waals surface area contributed by atoms with Gasteiger partial charge in [0.2, 0.25) is 0 Å². The molecule has 0 spiro atoms. The molecule has 1 heterocycles. The van der Waals surface area contributed by atoms with E-state index in [1.54, 1.807) is 24.3 Å². The molecule has 0 radical (unpaired) electrons. The minimum atomic E-state index is -0.233. The number of fused-ring (bicyclic) bond motifs is 2. The zero-order chi connectivity index (χ0) is 22.3. The second-order valence-electron chi connectivity index (χ2n) is 7.66. The van der Waals surface area contributed by atoms with Crippen LogP contribution in [0.5, 0.6) is 5.75 Å². The number of carbonyl (C=O) groups is 2. The molecular formula is C28H25NO3. The normalized spacial score (nSPS) is 19.8. The van der Waals surface area contributed by atoms with E-state index < -0.39 is 0 Å². The Balaban J connectivity index is 1.47. The quantitative estimate of drug-likeness (QED) is 0.567. The third-order valence-corrected chi connectivity index (χ3v) is 5.38. The van der Waals surface area contributed by atoms with Gasteiger partial charge in [0.1, 0.15) is 5.75 Å². The first-order chi connectivity index (χ1) is 15.6. The summed E-state index contributed by atoms with van der Waals surface area (Å²) in [7, 11) is 0. The molecule has 160 valence electrons. The monoisotopic (exact) mass is 423 g/mol. The predicted octanol–water partition coefficient (Wildman–Crippen LogP) is 5.85. The van der Waals surface area contributed by atoms with Crippen molar-refractivity contribution in [3.8, 4) is 5.75 Å². The van der Waals surface area contributed by atoms with Crippen molar-refractivity contribution in [1.29, 1.82) is 0 Å². The maximum Gasteiger partial charge on any atom is 0.261 e. The van der Waals surface area contributed by atoms with E-state index in [-0.39, 0.29) is 17.9 Å². The molecule has 4 rings (SSSR count). The third kappa shape index (κ3) is 4.70. The van der Waals surface area contributed by atoms with Crippen molar-refractivity contribution in [2.45, 2.75) is 19.4 Å². The van der Waals surface area contributed by atoms with E-state index in [9.17, 15) is 9.59 Å². The predicted molar refractivity (Wildman–Crippen MR) is 128 cm³/mol. The van der Waals surface area contributed by atoms with E-state index in [0.29, 0.717) is 24.1 Å². The fraction of sp³-hybridized carbons (Fsp3) is 0.143. The first-order valence-electron chi connectivity index (χ1n) is 10.7. The van der Waals surface area contributed by atoms with Crippen molar-refractivity contribution in [3.63, 3.8) is 0 Å². The van der Waals surface area contributed by atoms with Crippen LogP contribution in [0.3, 0.4) is 0 Å². The highest BCUT2D eigenvalue weighted by atomic mass is 16.5. The Bertz CT molecular complexity index is 1130. The van der Waals surface area contributed by atoms with Gasteiger partial charge in [0.05, 0.1) is 17.2 Å². The smallest absolute Gasteiger partial charge is 0.261 e. The van der Waals surface area contributed by atoms with Crippen LogP contribution in [0.4, 0.5) is 0 Å². The topological polar surface area (TPSA) is 46.6 Å². The highest BCUT2D eigenvalue weighted by Gasteiger charge is 2.34.